The Hall–Kier alpha value is -2.33. The van der Waals surface area contributed by atoms with E-state index in [-0.39, 0.29) is 5.82 Å². The molecule has 0 aliphatic carbocycles. The van der Waals surface area contributed by atoms with Crippen LogP contribution < -0.4 is 10.6 Å². The Bertz CT molecular complexity index is 807. The van der Waals surface area contributed by atoms with Gasteiger partial charge in [0.2, 0.25) is 0 Å². The molecule has 0 atom stereocenters. The number of aromatic amines is 1. The lowest BCUT2D eigenvalue weighted by Crippen LogP contribution is -2.01. The SMILES string of the molecule is Fc1cc(CNc2ccc3c(c2)CNC3)c2cc[nH]c2c1. The first-order valence-electron chi connectivity index (χ1n) is 7.11. The minimum absolute atomic E-state index is 0.208. The molecule has 4 rings (SSSR count). The second-order valence-electron chi connectivity index (χ2n) is 5.44. The summed E-state index contributed by atoms with van der Waals surface area (Å²) in [6.07, 6.45) is 1.84. The summed E-state index contributed by atoms with van der Waals surface area (Å²) in [6, 6.07) is 11.5. The lowest BCUT2D eigenvalue weighted by molar-refractivity contribution is 0.627. The van der Waals surface area contributed by atoms with Crippen molar-refractivity contribution in [2.45, 2.75) is 19.6 Å². The van der Waals surface area contributed by atoms with Crippen LogP contribution in [0.5, 0.6) is 0 Å². The van der Waals surface area contributed by atoms with Gasteiger partial charge in [-0.05, 0) is 47.0 Å². The predicted octanol–water partition coefficient (Wildman–Crippen LogP) is 3.52. The molecule has 2 heterocycles. The zero-order chi connectivity index (χ0) is 14.2. The van der Waals surface area contributed by atoms with Gasteiger partial charge in [-0.3, -0.25) is 0 Å². The van der Waals surface area contributed by atoms with Gasteiger partial charge in [-0.15, -0.1) is 0 Å². The monoisotopic (exact) mass is 281 g/mol. The molecule has 1 aliphatic heterocycles. The second kappa shape index (κ2) is 4.90. The summed E-state index contributed by atoms with van der Waals surface area (Å²) in [4.78, 5) is 3.06. The van der Waals surface area contributed by atoms with Crippen molar-refractivity contribution in [1.82, 2.24) is 10.3 Å². The Morgan fingerprint density at radius 1 is 1.05 bits per heavy atom. The van der Waals surface area contributed by atoms with E-state index >= 15 is 0 Å². The molecule has 0 saturated carbocycles. The van der Waals surface area contributed by atoms with Crippen molar-refractivity contribution in [3.8, 4) is 0 Å². The Kier molecular flexibility index (Phi) is 2.89. The molecule has 106 valence electrons. The van der Waals surface area contributed by atoms with Crippen LogP contribution in [0.4, 0.5) is 10.1 Å². The summed E-state index contributed by atoms with van der Waals surface area (Å²) in [5.74, 6) is -0.208. The van der Waals surface area contributed by atoms with E-state index in [1.54, 1.807) is 6.07 Å². The van der Waals surface area contributed by atoms with Crippen LogP contribution in [0, 0.1) is 5.82 Å². The maximum absolute atomic E-state index is 13.6. The van der Waals surface area contributed by atoms with Gasteiger partial charge in [-0.2, -0.15) is 0 Å². The number of halogens is 1. The normalized spacial score (nSPS) is 13.6. The summed E-state index contributed by atoms with van der Waals surface area (Å²) in [5.41, 5.74) is 5.57. The standard InChI is InChI=1S/C17H16FN3/c18-14-5-13(16-3-4-20-17(16)7-14)10-21-15-2-1-11-8-19-9-12(11)6-15/h1-7,19-21H,8-10H2. The van der Waals surface area contributed by atoms with E-state index in [1.165, 1.54) is 17.2 Å². The molecule has 0 unspecified atom stereocenters. The molecule has 3 nitrogen and oxygen atoms in total. The molecule has 21 heavy (non-hydrogen) atoms. The van der Waals surface area contributed by atoms with Crippen molar-refractivity contribution in [3.63, 3.8) is 0 Å². The van der Waals surface area contributed by atoms with Gasteiger partial charge in [0.05, 0.1) is 0 Å². The summed E-state index contributed by atoms with van der Waals surface area (Å²) < 4.78 is 13.6. The van der Waals surface area contributed by atoms with Gasteiger partial charge in [0.1, 0.15) is 5.82 Å². The number of H-pyrrole nitrogens is 1. The first kappa shape index (κ1) is 12.4. The van der Waals surface area contributed by atoms with Crippen molar-refractivity contribution in [3.05, 3.63) is 65.1 Å². The van der Waals surface area contributed by atoms with Crippen molar-refractivity contribution in [2.24, 2.45) is 0 Å². The number of hydrogen-bond acceptors (Lipinski definition) is 2. The largest absolute Gasteiger partial charge is 0.381 e. The van der Waals surface area contributed by atoms with Crippen molar-refractivity contribution >= 4 is 16.6 Å². The van der Waals surface area contributed by atoms with Gasteiger partial charge < -0.3 is 15.6 Å². The lowest BCUT2D eigenvalue weighted by atomic mass is 10.1. The van der Waals surface area contributed by atoms with E-state index in [4.69, 9.17) is 0 Å². The average molecular weight is 281 g/mol. The average Bonchev–Trinajstić information content (AvgIpc) is 3.12. The van der Waals surface area contributed by atoms with E-state index in [0.29, 0.717) is 6.54 Å². The highest BCUT2D eigenvalue weighted by atomic mass is 19.1. The zero-order valence-corrected chi connectivity index (χ0v) is 11.5. The molecular formula is C17H16FN3. The summed E-state index contributed by atoms with van der Waals surface area (Å²) >= 11 is 0. The highest BCUT2D eigenvalue weighted by Crippen LogP contribution is 2.23. The molecular weight excluding hydrogens is 265 g/mol. The second-order valence-corrected chi connectivity index (χ2v) is 5.44. The lowest BCUT2D eigenvalue weighted by Gasteiger charge is -2.09. The van der Waals surface area contributed by atoms with E-state index in [2.05, 4.69) is 33.8 Å². The van der Waals surface area contributed by atoms with Crippen LogP contribution in [0.3, 0.4) is 0 Å². The van der Waals surface area contributed by atoms with Crippen LogP contribution in [-0.4, -0.2) is 4.98 Å². The van der Waals surface area contributed by atoms with Crippen LogP contribution in [0.2, 0.25) is 0 Å². The first-order chi connectivity index (χ1) is 10.3. The van der Waals surface area contributed by atoms with Crippen molar-refractivity contribution in [1.29, 1.82) is 0 Å². The Morgan fingerprint density at radius 3 is 2.90 bits per heavy atom. The first-order valence-corrected chi connectivity index (χ1v) is 7.11. The third-order valence-electron chi connectivity index (χ3n) is 4.04. The van der Waals surface area contributed by atoms with Crippen LogP contribution in [0.1, 0.15) is 16.7 Å². The molecule has 1 aliphatic rings. The quantitative estimate of drug-likeness (QED) is 0.687. The number of anilines is 1. The maximum Gasteiger partial charge on any atom is 0.125 e. The summed E-state index contributed by atoms with van der Waals surface area (Å²) in [5, 5.41) is 7.79. The number of fused-ring (bicyclic) bond motifs is 2. The molecule has 3 aromatic rings. The Morgan fingerprint density at radius 2 is 1.95 bits per heavy atom. The van der Waals surface area contributed by atoms with Gasteiger partial charge in [0.15, 0.2) is 0 Å². The Labute approximate surface area is 122 Å². The van der Waals surface area contributed by atoms with Gasteiger partial charge in [-0.1, -0.05) is 6.07 Å². The number of aromatic nitrogens is 1. The fourth-order valence-corrected chi connectivity index (χ4v) is 2.95. The van der Waals surface area contributed by atoms with E-state index in [0.717, 1.165) is 35.2 Å². The van der Waals surface area contributed by atoms with Gasteiger partial charge in [-0.25, -0.2) is 4.39 Å². The molecule has 0 bridgehead atoms. The molecule has 4 heteroatoms. The van der Waals surface area contributed by atoms with Crippen LogP contribution in [0.15, 0.2) is 42.6 Å². The summed E-state index contributed by atoms with van der Waals surface area (Å²) in [6.45, 7) is 2.48. The molecule has 0 spiro atoms. The number of nitrogens with one attached hydrogen (secondary N) is 3. The smallest absolute Gasteiger partial charge is 0.125 e. The zero-order valence-electron chi connectivity index (χ0n) is 11.5. The molecule has 0 amide bonds. The topological polar surface area (TPSA) is 39.8 Å². The van der Waals surface area contributed by atoms with Crippen molar-refractivity contribution in [2.75, 3.05) is 5.32 Å². The third kappa shape index (κ3) is 2.28. The predicted molar refractivity (Wildman–Crippen MR) is 82.6 cm³/mol. The minimum atomic E-state index is -0.208. The van der Waals surface area contributed by atoms with E-state index < -0.39 is 0 Å². The molecule has 2 aromatic carbocycles. The van der Waals surface area contributed by atoms with Crippen LogP contribution in [-0.2, 0) is 19.6 Å². The minimum Gasteiger partial charge on any atom is -0.381 e. The molecule has 3 N–H and O–H groups in total. The van der Waals surface area contributed by atoms with E-state index in [1.807, 2.05) is 12.3 Å². The summed E-state index contributed by atoms with van der Waals surface area (Å²) in [7, 11) is 0. The molecule has 1 aromatic heterocycles. The Balaban J connectivity index is 1.59. The van der Waals surface area contributed by atoms with Crippen molar-refractivity contribution < 1.29 is 4.39 Å². The molecule has 0 fully saturated rings. The third-order valence-corrected chi connectivity index (χ3v) is 4.04. The van der Waals surface area contributed by atoms with Crippen LogP contribution >= 0.6 is 0 Å². The molecule has 0 radical (unpaired) electrons. The number of benzene rings is 2. The fourth-order valence-electron chi connectivity index (χ4n) is 2.95. The maximum atomic E-state index is 13.6. The highest BCUT2D eigenvalue weighted by Gasteiger charge is 2.10. The van der Waals surface area contributed by atoms with E-state index in [9.17, 15) is 4.39 Å². The van der Waals surface area contributed by atoms with Gasteiger partial charge in [0.25, 0.3) is 0 Å². The number of hydrogen-bond donors (Lipinski definition) is 3. The van der Waals surface area contributed by atoms with Crippen LogP contribution in [0.25, 0.3) is 10.9 Å². The highest BCUT2D eigenvalue weighted by molar-refractivity contribution is 5.83. The molecule has 0 saturated heterocycles. The number of rotatable bonds is 3. The fraction of sp³-hybridized carbons (Fsp3) is 0.176. The van der Waals surface area contributed by atoms with Gasteiger partial charge in [0, 0.05) is 42.4 Å². The van der Waals surface area contributed by atoms with Gasteiger partial charge >= 0.3 is 0 Å².